The molecule has 0 aromatic heterocycles. The first-order valence-corrected chi connectivity index (χ1v) is 7.99. The van der Waals surface area contributed by atoms with Gasteiger partial charge in [-0.1, -0.05) is 54.6 Å². The molecule has 3 rings (SSSR count). The van der Waals surface area contributed by atoms with E-state index in [0.29, 0.717) is 19.5 Å². The average Bonchev–Trinajstić information content (AvgIpc) is 3.11. The van der Waals surface area contributed by atoms with Gasteiger partial charge < -0.3 is 10.0 Å². The lowest BCUT2D eigenvalue weighted by Gasteiger charge is -2.10. The summed E-state index contributed by atoms with van der Waals surface area (Å²) in [5.41, 5.74) is 3.19. The minimum absolute atomic E-state index is 0.0103. The van der Waals surface area contributed by atoms with Gasteiger partial charge in [-0.25, -0.2) is 4.79 Å². The Kier molecular flexibility index (Phi) is 4.75. The normalized spacial score (nSPS) is 17.3. The molecule has 0 saturated carbocycles. The topological polar surface area (TPSA) is 57.6 Å². The van der Waals surface area contributed by atoms with E-state index in [1.54, 1.807) is 12.2 Å². The number of hydrogen-bond acceptors (Lipinski definition) is 2. The molecule has 1 saturated heterocycles. The van der Waals surface area contributed by atoms with Crippen molar-refractivity contribution < 1.29 is 14.7 Å². The number of amides is 1. The third kappa shape index (κ3) is 3.71. The Morgan fingerprint density at radius 2 is 1.79 bits per heavy atom. The molecule has 1 heterocycles. The summed E-state index contributed by atoms with van der Waals surface area (Å²) in [4.78, 5) is 24.5. The van der Waals surface area contributed by atoms with Crippen molar-refractivity contribution in [3.05, 3.63) is 66.2 Å². The number of ketones is 1. The molecule has 1 fully saturated rings. The monoisotopic (exact) mass is 321 g/mol. The van der Waals surface area contributed by atoms with Crippen LogP contribution in [0.1, 0.15) is 12.0 Å². The Bertz CT molecular complexity index is 767. The molecule has 4 heteroatoms. The van der Waals surface area contributed by atoms with Gasteiger partial charge in [0.2, 0.25) is 0 Å². The van der Waals surface area contributed by atoms with Gasteiger partial charge in [0.15, 0.2) is 5.78 Å². The fourth-order valence-corrected chi connectivity index (χ4v) is 2.93. The van der Waals surface area contributed by atoms with Gasteiger partial charge in [-0.15, -0.1) is 0 Å². The highest BCUT2D eigenvalue weighted by Gasteiger charge is 2.29. The second-order valence-corrected chi connectivity index (χ2v) is 5.94. The molecule has 24 heavy (non-hydrogen) atoms. The predicted octanol–water partition coefficient (Wildman–Crippen LogP) is 3.94. The third-order valence-electron chi connectivity index (χ3n) is 4.29. The van der Waals surface area contributed by atoms with Crippen LogP contribution in [0.2, 0.25) is 0 Å². The van der Waals surface area contributed by atoms with Crippen LogP contribution in [0.4, 0.5) is 4.79 Å². The van der Waals surface area contributed by atoms with Crippen LogP contribution < -0.4 is 0 Å². The molecule has 0 aliphatic carbocycles. The van der Waals surface area contributed by atoms with Crippen molar-refractivity contribution in [2.75, 3.05) is 13.1 Å². The van der Waals surface area contributed by atoms with Crippen molar-refractivity contribution in [1.82, 2.24) is 4.90 Å². The summed E-state index contributed by atoms with van der Waals surface area (Å²) in [5.74, 6) is -0.237. The Labute approximate surface area is 141 Å². The first kappa shape index (κ1) is 16.0. The van der Waals surface area contributed by atoms with Crippen LogP contribution in [0.5, 0.6) is 0 Å². The molecule has 4 nitrogen and oxygen atoms in total. The highest BCUT2D eigenvalue weighted by Crippen LogP contribution is 2.21. The Morgan fingerprint density at radius 1 is 1.04 bits per heavy atom. The zero-order chi connectivity index (χ0) is 16.9. The van der Waals surface area contributed by atoms with E-state index in [0.717, 1.165) is 16.7 Å². The lowest BCUT2D eigenvalue weighted by Crippen LogP contribution is -2.27. The van der Waals surface area contributed by atoms with Crippen LogP contribution in [0.3, 0.4) is 0 Å². The van der Waals surface area contributed by atoms with Gasteiger partial charge in [0.1, 0.15) is 0 Å². The maximum absolute atomic E-state index is 12.2. The lowest BCUT2D eigenvalue weighted by molar-refractivity contribution is -0.117. The SMILES string of the molecule is O=C(C=Cc1cccc(-c2ccccc2)c1)C1CCN(C(=O)O)C1. The van der Waals surface area contributed by atoms with E-state index in [1.165, 1.54) is 4.90 Å². The number of benzene rings is 2. The molecule has 1 aliphatic rings. The summed E-state index contributed by atoms with van der Waals surface area (Å²) in [6.45, 7) is 0.728. The highest BCUT2D eigenvalue weighted by molar-refractivity contribution is 5.96. The van der Waals surface area contributed by atoms with Gasteiger partial charge in [0, 0.05) is 19.0 Å². The maximum atomic E-state index is 12.2. The quantitative estimate of drug-likeness (QED) is 0.868. The number of carbonyl (C=O) groups excluding carboxylic acids is 1. The van der Waals surface area contributed by atoms with Crippen LogP contribution >= 0.6 is 0 Å². The summed E-state index contributed by atoms with van der Waals surface area (Å²) in [6, 6.07) is 18.1. The molecule has 1 aliphatic heterocycles. The summed E-state index contributed by atoms with van der Waals surface area (Å²) < 4.78 is 0. The fraction of sp³-hybridized carbons (Fsp3) is 0.200. The largest absolute Gasteiger partial charge is 0.465 e. The second-order valence-electron chi connectivity index (χ2n) is 5.94. The predicted molar refractivity (Wildman–Crippen MR) is 93.6 cm³/mol. The number of likely N-dealkylation sites (tertiary alicyclic amines) is 1. The van der Waals surface area contributed by atoms with Crippen molar-refractivity contribution in [1.29, 1.82) is 0 Å². The third-order valence-corrected chi connectivity index (χ3v) is 4.29. The van der Waals surface area contributed by atoms with Crippen molar-refractivity contribution in [3.63, 3.8) is 0 Å². The molecule has 2 aromatic rings. The van der Waals surface area contributed by atoms with E-state index in [2.05, 4.69) is 0 Å². The van der Waals surface area contributed by atoms with Crippen molar-refractivity contribution in [2.24, 2.45) is 5.92 Å². The smallest absolute Gasteiger partial charge is 0.407 e. The number of carboxylic acid groups (broad SMARTS) is 1. The van der Waals surface area contributed by atoms with E-state index < -0.39 is 6.09 Å². The fourth-order valence-electron chi connectivity index (χ4n) is 2.93. The van der Waals surface area contributed by atoms with E-state index in [-0.39, 0.29) is 11.7 Å². The lowest BCUT2D eigenvalue weighted by atomic mass is 10.0. The Morgan fingerprint density at radius 3 is 2.50 bits per heavy atom. The van der Waals surface area contributed by atoms with E-state index in [1.807, 2.05) is 54.6 Å². The van der Waals surface area contributed by atoms with Crippen LogP contribution in [0, 0.1) is 5.92 Å². The molecule has 122 valence electrons. The molecular weight excluding hydrogens is 302 g/mol. The average molecular weight is 321 g/mol. The number of hydrogen-bond donors (Lipinski definition) is 1. The molecule has 1 atom stereocenters. The number of carbonyl (C=O) groups is 2. The minimum Gasteiger partial charge on any atom is -0.465 e. The molecular formula is C20H19NO3. The van der Waals surface area contributed by atoms with Gasteiger partial charge in [0.25, 0.3) is 0 Å². The van der Waals surface area contributed by atoms with Crippen molar-refractivity contribution in [3.8, 4) is 11.1 Å². The van der Waals surface area contributed by atoms with Gasteiger partial charge in [-0.3, -0.25) is 4.79 Å². The van der Waals surface area contributed by atoms with Gasteiger partial charge in [-0.2, -0.15) is 0 Å². The second kappa shape index (κ2) is 7.13. The van der Waals surface area contributed by atoms with Gasteiger partial charge in [0.05, 0.1) is 0 Å². The number of rotatable bonds is 4. The molecule has 2 aromatic carbocycles. The van der Waals surface area contributed by atoms with E-state index >= 15 is 0 Å². The number of nitrogens with zero attached hydrogens (tertiary/aromatic N) is 1. The summed E-state index contributed by atoms with van der Waals surface area (Å²) in [6.07, 6.45) is 3.02. The van der Waals surface area contributed by atoms with Crippen molar-refractivity contribution in [2.45, 2.75) is 6.42 Å². The molecule has 0 bridgehead atoms. The van der Waals surface area contributed by atoms with Gasteiger partial charge in [-0.05, 0) is 35.3 Å². The first-order chi connectivity index (χ1) is 11.6. The standard InChI is InChI=1S/C20H19NO3/c22-19(18-11-12-21(14-18)20(23)24)10-9-15-5-4-8-17(13-15)16-6-2-1-3-7-16/h1-10,13,18H,11-12,14H2,(H,23,24). The Balaban J connectivity index is 1.69. The van der Waals surface area contributed by atoms with Crippen LogP contribution in [0.25, 0.3) is 17.2 Å². The maximum Gasteiger partial charge on any atom is 0.407 e. The van der Waals surface area contributed by atoms with E-state index in [4.69, 9.17) is 5.11 Å². The molecule has 1 amide bonds. The zero-order valence-electron chi connectivity index (χ0n) is 13.3. The Hall–Kier alpha value is -2.88. The van der Waals surface area contributed by atoms with E-state index in [9.17, 15) is 9.59 Å². The van der Waals surface area contributed by atoms with Gasteiger partial charge >= 0.3 is 6.09 Å². The molecule has 0 radical (unpaired) electrons. The zero-order valence-corrected chi connectivity index (χ0v) is 13.3. The van der Waals surface area contributed by atoms with Crippen LogP contribution in [0.15, 0.2) is 60.7 Å². The highest BCUT2D eigenvalue weighted by atomic mass is 16.4. The first-order valence-electron chi connectivity index (χ1n) is 7.99. The summed E-state index contributed by atoms with van der Waals surface area (Å²) in [7, 11) is 0. The molecule has 1 N–H and O–H groups in total. The molecule has 0 spiro atoms. The summed E-state index contributed by atoms with van der Waals surface area (Å²) in [5, 5.41) is 8.96. The van der Waals surface area contributed by atoms with Crippen LogP contribution in [-0.2, 0) is 4.79 Å². The number of allylic oxidation sites excluding steroid dienone is 1. The van der Waals surface area contributed by atoms with Crippen LogP contribution in [-0.4, -0.2) is 35.0 Å². The summed E-state index contributed by atoms with van der Waals surface area (Å²) >= 11 is 0. The minimum atomic E-state index is -0.954. The molecule has 1 unspecified atom stereocenters. The van der Waals surface area contributed by atoms with Crippen molar-refractivity contribution >= 4 is 18.0 Å².